The summed E-state index contributed by atoms with van der Waals surface area (Å²) in [4.78, 5) is 23.7. The molecule has 136 valence electrons. The molecule has 0 amide bonds. The summed E-state index contributed by atoms with van der Waals surface area (Å²) >= 11 is 0. The SMILES string of the molecule is N#CCCOCCNc1cc2c(cc1F)c(=O)c(C(=O)O)cn2C1CC1. The van der Waals surface area contributed by atoms with Gasteiger partial charge in [0.2, 0.25) is 5.43 Å². The fourth-order valence-electron chi connectivity index (χ4n) is 2.79. The molecule has 1 heterocycles. The Morgan fingerprint density at radius 2 is 2.19 bits per heavy atom. The van der Waals surface area contributed by atoms with Crippen molar-refractivity contribution in [1.29, 1.82) is 5.26 Å². The molecule has 3 rings (SSSR count). The number of pyridine rings is 1. The lowest BCUT2D eigenvalue weighted by molar-refractivity contribution is 0.0695. The molecule has 1 fully saturated rings. The lowest BCUT2D eigenvalue weighted by Gasteiger charge is -2.14. The van der Waals surface area contributed by atoms with Crippen molar-refractivity contribution in [2.24, 2.45) is 0 Å². The number of nitrogens with zero attached hydrogens (tertiary/aromatic N) is 2. The molecule has 1 saturated carbocycles. The van der Waals surface area contributed by atoms with E-state index in [9.17, 15) is 19.1 Å². The highest BCUT2D eigenvalue weighted by atomic mass is 19.1. The van der Waals surface area contributed by atoms with Crippen LogP contribution >= 0.6 is 0 Å². The summed E-state index contributed by atoms with van der Waals surface area (Å²) in [6.07, 6.45) is 3.43. The standard InChI is InChI=1S/C18H18FN3O4/c19-14-8-12-16(9-15(14)21-5-7-26-6-1-4-20)22(11-2-3-11)10-13(17(12)23)18(24)25/h8-11,21H,1-3,5-7H2,(H,24,25). The number of aromatic carboxylic acids is 1. The van der Waals surface area contributed by atoms with Crippen LogP contribution < -0.4 is 10.7 Å². The van der Waals surface area contributed by atoms with Crippen LogP contribution in [0.3, 0.4) is 0 Å². The highest BCUT2D eigenvalue weighted by molar-refractivity contribution is 5.93. The molecule has 0 spiro atoms. The summed E-state index contributed by atoms with van der Waals surface area (Å²) in [5.41, 5.74) is -0.305. The largest absolute Gasteiger partial charge is 0.477 e. The zero-order valence-electron chi connectivity index (χ0n) is 14.0. The third-order valence-electron chi connectivity index (χ3n) is 4.21. The summed E-state index contributed by atoms with van der Waals surface area (Å²) < 4.78 is 21.3. The molecule has 1 aliphatic rings. The van der Waals surface area contributed by atoms with Crippen LogP contribution in [0.4, 0.5) is 10.1 Å². The second-order valence-electron chi connectivity index (χ2n) is 6.11. The molecule has 1 aromatic carbocycles. The van der Waals surface area contributed by atoms with Crippen LogP contribution in [0.1, 0.15) is 35.7 Å². The van der Waals surface area contributed by atoms with Gasteiger partial charge >= 0.3 is 5.97 Å². The molecule has 0 saturated heterocycles. The number of aromatic nitrogens is 1. The molecule has 0 radical (unpaired) electrons. The highest BCUT2D eigenvalue weighted by Crippen LogP contribution is 2.37. The monoisotopic (exact) mass is 359 g/mol. The molecular formula is C18H18FN3O4. The maximum absolute atomic E-state index is 14.4. The number of benzene rings is 1. The second-order valence-corrected chi connectivity index (χ2v) is 6.11. The van der Waals surface area contributed by atoms with Gasteiger partial charge in [0.1, 0.15) is 11.4 Å². The molecule has 2 aromatic rings. The Bertz CT molecular complexity index is 944. The Morgan fingerprint density at radius 3 is 2.85 bits per heavy atom. The molecule has 1 aliphatic carbocycles. The molecule has 8 heteroatoms. The number of ether oxygens (including phenoxy) is 1. The summed E-state index contributed by atoms with van der Waals surface area (Å²) in [6, 6.07) is 4.71. The number of nitriles is 1. The number of nitrogens with one attached hydrogen (secondary N) is 1. The van der Waals surface area contributed by atoms with Crippen LogP contribution in [0.2, 0.25) is 0 Å². The van der Waals surface area contributed by atoms with Crippen molar-refractivity contribution in [2.45, 2.75) is 25.3 Å². The molecule has 26 heavy (non-hydrogen) atoms. The second kappa shape index (κ2) is 7.54. The molecule has 0 unspecified atom stereocenters. The average Bonchev–Trinajstić information content (AvgIpc) is 3.44. The smallest absolute Gasteiger partial charge is 0.341 e. The van der Waals surface area contributed by atoms with Gasteiger partial charge in [-0.05, 0) is 25.0 Å². The molecule has 1 aromatic heterocycles. The third-order valence-corrected chi connectivity index (χ3v) is 4.21. The predicted octanol–water partition coefficient (Wildman–Crippen LogP) is 2.52. The van der Waals surface area contributed by atoms with E-state index in [1.54, 1.807) is 4.57 Å². The maximum atomic E-state index is 14.4. The van der Waals surface area contributed by atoms with Gasteiger partial charge < -0.3 is 19.7 Å². The molecule has 0 atom stereocenters. The van der Waals surface area contributed by atoms with Crippen LogP contribution in [-0.2, 0) is 4.74 Å². The fraction of sp³-hybridized carbons (Fsp3) is 0.389. The number of fused-ring (bicyclic) bond motifs is 1. The van der Waals surface area contributed by atoms with Gasteiger partial charge in [-0.15, -0.1) is 0 Å². The van der Waals surface area contributed by atoms with Crippen molar-refractivity contribution in [1.82, 2.24) is 4.57 Å². The molecule has 2 N–H and O–H groups in total. The van der Waals surface area contributed by atoms with Crippen molar-refractivity contribution >= 4 is 22.6 Å². The van der Waals surface area contributed by atoms with Gasteiger partial charge in [-0.2, -0.15) is 5.26 Å². The number of anilines is 1. The Balaban J connectivity index is 1.90. The van der Waals surface area contributed by atoms with E-state index in [0.717, 1.165) is 18.9 Å². The quantitative estimate of drug-likeness (QED) is 0.702. The molecule has 7 nitrogen and oxygen atoms in total. The van der Waals surface area contributed by atoms with E-state index in [2.05, 4.69) is 5.32 Å². The number of halogens is 1. The first-order valence-corrected chi connectivity index (χ1v) is 8.33. The first-order chi connectivity index (χ1) is 12.5. The fourth-order valence-corrected chi connectivity index (χ4v) is 2.79. The number of carbonyl (C=O) groups is 1. The Labute approximate surface area is 148 Å². The lowest BCUT2D eigenvalue weighted by Crippen LogP contribution is -2.19. The third kappa shape index (κ3) is 3.68. The van der Waals surface area contributed by atoms with Gasteiger partial charge in [-0.1, -0.05) is 0 Å². The number of carboxylic acid groups (broad SMARTS) is 1. The Morgan fingerprint density at radius 1 is 1.42 bits per heavy atom. The van der Waals surface area contributed by atoms with Gasteiger partial charge in [-0.25, -0.2) is 9.18 Å². The van der Waals surface area contributed by atoms with E-state index in [0.29, 0.717) is 31.7 Å². The Hall–Kier alpha value is -2.92. The molecule has 0 aliphatic heterocycles. The average molecular weight is 359 g/mol. The number of rotatable bonds is 8. The number of carboxylic acids is 1. The van der Waals surface area contributed by atoms with Crippen molar-refractivity contribution in [3.05, 3.63) is 39.9 Å². The van der Waals surface area contributed by atoms with Gasteiger partial charge in [0.05, 0.1) is 36.9 Å². The van der Waals surface area contributed by atoms with E-state index in [4.69, 9.17) is 10.00 Å². The predicted molar refractivity (Wildman–Crippen MR) is 92.9 cm³/mol. The molecular weight excluding hydrogens is 341 g/mol. The van der Waals surface area contributed by atoms with Crippen molar-refractivity contribution in [3.63, 3.8) is 0 Å². The first kappa shape index (κ1) is 17.9. The zero-order valence-corrected chi connectivity index (χ0v) is 14.0. The first-order valence-electron chi connectivity index (χ1n) is 8.33. The minimum atomic E-state index is -1.32. The summed E-state index contributed by atoms with van der Waals surface area (Å²) in [5.74, 6) is -1.94. The summed E-state index contributed by atoms with van der Waals surface area (Å²) in [5, 5.41) is 20.6. The normalized spacial score (nSPS) is 13.5. The zero-order chi connectivity index (χ0) is 18.7. The number of hydrogen-bond acceptors (Lipinski definition) is 5. The number of hydrogen-bond donors (Lipinski definition) is 2. The summed E-state index contributed by atoms with van der Waals surface area (Å²) in [7, 11) is 0. The van der Waals surface area contributed by atoms with Gasteiger partial charge in [0.25, 0.3) is 0 Å². The van der Waals surface area contributed by atoms with Crippen LogP contribution in [-0.4, -0.2) is 35.4 Å². The highest BCUT2D eigenvalue weighted by Gasteiger charge is 2.27. The van der Waals surface area contributed by atoms with Crippen LogP contribution in [0, 0.1) is 17.1 Å². The Kier molecular flexibility index (Phi) is 5.19. The topological polar surface area (TPSA) is 104 Å². The van der Waals surface area contributed by atoms with Gasteiger partial charge in [-0.3, -0.25) is 4.79 Å². The van der Waals surface area contributed by atoms with E-state index in [1.165, 1.54) is 12.3 Å². The van der Waals surface area contributed by atoms with Crippen molar-refractivity contribution in [2.75, 3.05) is 25.1 Å². The minimum Gasteiger partial charge on any atom is -0.477 e. The van der Waals surface area contributed by atoms with Gasteiger partial charge in [0, 0.05) is 24.2 Å². The lowest BCUT2D eigenvalue weighted by atomic mass is 10.1. The van der Waals surface area contributed by atoms with E-state index < -0.39 is 17.2 Å². The maximum Gasteiger partial charge on any atom is 0.341 e. The van der Waals surface area contributed by atoms with Crippen LogP contribution in [0.25, 0.3) is 10.9 Å². The minimum absolute atomic E-state index is 0.0603. The van der Waals surface area contributed by atoms with E-state index in [-0.39, 0.29) is 22.7 Å². The van der Waals surface area contributed by atoms with Crippen molar-refractivity contribution < 1.29 is 19.0 Å². The van der Waals surface area contributed by atoms with E-state index in [1.807, 2.05) is 6.07 Å². The van der Waals surface area contributed by atoms with E-state index >= 15 is 0 Å². The van der Waals surface area contributed by atoms with Crippen molar-refractivity contribution in [3.8, 4) is 6.07 Å². The summed E-state index contributed by atoms with van der Waals surface area (Å²) in [6.45, 7) is 0.971. The van der Waals surface area contributed by atoms with Gasteiger partial charge in [0.15, 0.2) is 0 Å². The molecule has 0 bridgehead atoms. The van der Waals surface area contributed by atoms with Crippen LogP contribution in [0.5, 0.6) is 0 Å². The van der Waals surface area contributed by atoms with Crippen LogP contribution in [0.15, 0.2) is 23.1 Å².